The maximum Gasteiger partial charge on any atom is 0.223 e. The first-order valence-corrected chi connectivity index (χ1v) is 8.36. The van der Waals surface area contributed by atoms with Crippen molar-refractivity contribution in [2.75, 3.05) is 19.6 Å². The Bertz CT molecular complexity index is 357. The van der Waals surface area contributed by atoms with E-state index in [1.807, 2.05) is 4.90 Å². The molecule has 3 unspecified atom stereocenters. The van der Waals surface area contributed by atoms with Gasteiger partial charge in [-0.3, -0.25) is 4.79 Å². The Kier molecular flexibility index (Phi) is 4.48. The highest BCUT2D eigenvalue weighted by molar-refractivity contribution is 5.76. The van der Waals surface area contributed by atoms with E-state index < -0.39 is 0 Å². The molecule has 3 nitrogen and oxygen atoms in total. The fourth-order valence-electron chi connectivity index (χ4n) is 4.87. The Morgan fingerprint density at radius 3 is 2.40 bits per heavy atom. The Hall–Kier alpha value is -0.570. The van der Waals surface area contributed by atoms with Crippen LogP contribution in [0.25, 0.3) is 0 Å². The molecular weight excluding hydrogens is 248 g/mol. The number of nitrogens with one attached hydrogen (secondary N) is 1. The van der Waals surface area contributed by atoms with Crippen molar-refractivity contribution in [3.63, 3.8) is 0 Å². The van der Waals surface area contributed by atoms with Crippen LogP contribution in [0.3, 0.4) is 0 Å². The second-order valence-electron chi connectivity index (χ2n) is 7.62. The third-order valence-corrected chi connectivity index (χ3v) is 6.07. The van der Waals surface area contributed by atoms with Crippen molar-refractivity contribution in [1.29, 1.82) is 0 Å². The molecule has 0 aromatic carbocycles. The summed E-state index contributed by atoms with van der Waals surface area (Å²) < 4.78 is 0. The molecule has 2 aliphatic carbocycles. The smallest absolute Gasteiger partial charge is 0.223 e. The third kappa shape index (κ3) is 2.61. The summed E-state index contributed by atoms with van der Waals surface area (Å²) in [7, 11) is 0. The highest BCUT2D eigenvalue weighted by Crippen LogP contribution is 2.62. The highest BCUT2D eigenvalue weighted by Gasteiger charge is 2.58. The van der Waals surface area contributed by atoms with Crippen LogP contribution < -0.4 is 5.32 Å². The van der Waals surface area contributed by atoms with Crippen molar-refractivity contribution >= 4 is 5.91 Å². The van der Waals surface area contributed by atoms with Gasteiger partial charge in [0.15, 0.2) is 0 Å². The quantitative estimate of drug-likeness (QED) is 0.811. The highest BCUT2D eigenvalue weighted by atomic mass is 16.2. The van der Waals surface area contributed by atoms with Gasteiger partial charge in [-0.1, -0.05) is 20.8 Å². The summed E-state index contributed by atoms with van der Waals surface area (Å²) in [6, 6.07) is 0.568. The van der Waals surface area contributed by atoms with E-state index >= 15 is 0 Å². The first kappa shape index (κ1) is 15.8. The SMILES string of the molecule is CCN(CC)C(=O)CCNC1C2(C)CCC(C2)C1(C)C. The van der Waals surface area contributed by atoms with Crippen LogP contribution in [0.4, 0.5) is 0 Å². The van der Waals surface area contributed by atoms with Crippen molar-refractivity contribution < 1.29 is 4.79 Å². The molecule has 116 valence electrons. The van der Waals surface area contributed by atoms with Crippen LogP contribution in [-0.2, 0) is 4.79 Å². The van der Waals surface area contributed by atoms with Crippen molar-refractivity contribution in [3.05, 3.63) is 0 Å². The molecule has 20 heavy (non-hydrogen) atoms. The largest absolute Gasteiger partial charge is 0.343 e. The molecule has 2 aliphatic rings. The second-order valence-corrected chi connectivity index (χ2v) is 7.62. The average Bonchev–Trinajstić information content (AvgIpc) is 2.86. The number of hydrogen-bond acceptors (Lipinski definition) is 2. The molecule has 0 aliphatic heterocycles. The molecule has 3 heteroatoms. The number of carbonyl (C=O) groups excluding carboxylic acids is 1. The van der Waals surface area contributed by atoms with E-state index in [1.54, 1.807) is 0 Å². The normalized spacial score (nSPS) is 34.5. The van der Waals surface area contributed by atoms with Gasteiger partial charge in [0.05, 0.1) is 0 Å². The number of carbonyl (C=O) groups is 1. The summed E-state index contributed by atoms with van der Waals surface area (Å²) in [6.07, 6.45) is 4.74. The summed E-state index contributed by atoms with van der Waals surface area (Å²) in [5.41, 5.74) is 0.831. The minimum Gasteiger partial charge on any atom is -0.343 e. The van der Waals surface area contributed by atoms with Crippen molar-refractivity contribution in [2.24, 2.45) is 16.7 Å². The van der Waals surface area contributed by atoms with Gasteiger partial charge in [0.2, 0.25) is 5.91 Å². The fraction of sp³-hybridized carbons (Fsp3) is 0.941. The minimum absolute atomic E-state index is 0.286. The van der Waals surface area contributed by atoms with Gasteiger partial charge < -0.3 is 10.2 Å². The lowest BCUT2D eigenvalue weighted by atomic mass is 9.68. The molecule has 0 heterocycles. The van der Waals surface area contributed by atoms with E-state index in [4.69, 9.17) is 0 Å². The van der Waals surface area contributed by atoms with Gasteiger partial charge in [-0.2, -0.15) is 0 Å². The Balaban J connectivity index is 1.87. The van der Waals surface area contributed by atoms with E-state index in [0.717, 1.165) is 25.6 Å². The van der Waals surface area contributed by atoms with Crippen molar-refractivity contribution in [1.82, 2.24) is 10.2 Å². The minimum atomic E-state index is 0.286. The summed E-state index contributed by atoms with van der Waals surface area (Å²) >= 11 is 0. The van der Waals surface area contributed by atoms with Gasteiger partial charge in [0, 0.05) is 32.1 Å². The van der Waals surface area contributed by atoms with E-state index in [1.165, 1.54) is 19.3 Å². The summed E-state index contributed by atoms with van der Waals surface area (Å²) in [4.78, 5) is 14.0. The standard InChI is InChI=1S/C17H32N2O/c1-6-19(7-2)14(20)9-11-18-15-16(3,4)13-8-10-17(15,5)12-13/h13,15,18H,6-12H2,1-5H3. The van der Waals surface area contributed by atoms with Gasteiger partial charge >= 0.3 is 0 Å². The maximum absolute atomic E-state index is 12.1. The molecule has 2 saturated carbocycles. The molecule has 0 aromatic rings. The lowest BCUT2D eigenvalue weighted by molar-refractivity contribution is -0.130. The Labute approximate surface area is 124 Å². The van der Waals surface area contributed by atoms with Gasteiger partial charge in [0.1, 0.15) is 0 Å². The predicted molar refractivity (Wildman–Crippen MR) is 83.6 cm³/mol. The Morgan fingerprint density at radius 1 is 1.25 bits per heavy atom. The van der Waals surface area contributed by atoms with Gasteiger partial charge in [-0.15, -0.1) is 0 Å². The van der Waals surface area contributed by atoms with Crippen molar-refractivity contribution in [3.8, 4) is 0 Å². The van der Waals surface area contributed by atoms with Crippen molar-refractivity contribution in [2.45, 2.75) is 66.3 Å². The lowest BCUT2D eigenvalue weighted by Gasteiger charge is -2.43. The number of rotatable bonds is 6. The molecule has 1 amide bonds. The molecule has 0 spiro atoms. The number of hydrogen-bond donors (Lipinski definition) is 1. The van der Waals surface area contributed by atoms with E-state index in [9.17, 15) is 4.79 Å². The molecular formula is C17H32N2O. The first-order chi connectivity index (χ1) is 9.35. The van der Waals surface area contributed by atoms with Crippen LogP contribution in [0, 0.1) is 16.7 Å². The Morgan fingerprint density at radius 2 is 1.90 bits per heavy atom. The van der Waals surface area contributed by atoms with E-state index in [-0.39, 0.29) is 5.91 Å². The average molecular weight is 280 g/mol. The van der Waals surface area contributed by atoms with Gasteiger partial charge in [0.25, 0.3) is 0 Å². The molecule has 0 radical (unpaired) electrons. The van der Waals surface area contributed by atoms with Crippen LogP contribution in [0.15, 0.2) is 0 Å². The number of fused-ring (bicyclic) bond motifs is 2. The molecule has 0 aromatic heterocycles. The van der Waals surface area contributed by atoms with E-state index in [2.05, 4.69) is 39.9 Å². The molecule has 0 saturated heterocycles. The van der Waals surface area contributed by atoms with Crippen LogP contribution in [0.2, 0.25) is 0 Å². The van der Waals surface area contributed by atoms with E-state index in [0.29, 0.717) is 23.3 Å². The number of nitrogens with zero attached hydrogens (tertiary/aromatic N) is 1. The predicted octanol–water partition coefficient (Wildman–Crippen LogP) is 3.05. The van der Waals surface area contributed by atoms with Gasteiger partial charge in [-0.25, -0.2) is 0 Å². The zero-order valence-corrected chi connectivity index (χ0v) is 14.0. The maximum atomic E-state index is 12.1. The van der Waals surface area contributed by atoms with Gasteiger partial charge in [-0.05, 0) is 49.9 Å². The first-order valence-electron chi connectivity index (χ1n) is 8.36. The van der Waals surface area contributed by atoms with Crippen LogP contribution in [-0.4, -0.2) is 36.5 Å². The molecule has 2 fully saturated rings. The van der Waals surface area contributed by atoms with Crippen LogP contribution in [0.5, 0.6) is 0 Å². The van der Waals surface area contributed by atoms with Crippen LogP contribution in [0.1, 0.15) is 60.3 Å². The number of amides is 1. The molecule has 2 bridgehead atoms. The zero-order chi connectivity index (χ0) is 15.0. The second kappa shape index (κ2) is 5.67. The molecule has 1 N–H and O–H groups in total. The topological polar surface area (TPSA) is 32.3 Å². The zero-order valence-electron chi connectivity index (χ0n) is 14.0. The summed E-state index contributed by atoms with van der Waals surface area (Å²) in [5, 5.41) is 3.73. The fourth-order valence-corrected chi connectivity index (χ4v) is 4.87. The summed E-state index contributed by atoms with van der Waals surface area (Å²) in [6.45, 7) is 13.8. The summed E-state index contributed by atoms with van der Waals surface area (Å²) in [5.74, 6) is 1.15. The molecule has 2 rings (SSSR count). The third-order valence-electron chi connectivity index (χ3n) is 6.07. The monoisotopic (exact) mass is 280 g/mol. The lowest BCUT2D eigenvalue weighted by Crippen LogP contribution is -2.51. The van der Waals surface area contributed by atoms with Crippen LogP contribution >= 0.6 is 0 Å². The molecule has 3 atom stereocenters.